The number of hydrogen-bond donors (Lipinski definition) is 1. The Labute approximate surface area is 120 Å². The van der Waals surface area contributed by atoms with Gasteiger partial charge in [0.1, 0.15) is 17.6 Å². The molecule has 0 aliphatic heterocycles. The van der Waals surface area contributed by atoms with Crippen molar-refractivity contribution in [3.05, 3.63) is 46.6 Å². The van der Waals surface area contributed by atoms with Crippen molar-refractivity contribution in [1.82, 2.24) is 4.98 Å². The van der Waals surface area contributed by atoms with E-state index >= 15 is 0 Å². The van der Waals surface area contributed by atoms with Crippen LogP contribution in [-0.4, -0.2) is 11.6 Å². The first-order chi connectivity index (χ1) is 9.22. The molecule has 96 valence electrons. The Morgan fingerprint density at radius 2 is 2.11 bits per heavy atom. The first-order valence-corrected chi connectivity index (χ1v) is 6.57. The van der Waals surface area contributed by atoms with E-state index in [9.17, 15) is 0 Å². The van der Waals surface area contributed by atoms with Crippen molar-refractivity contribution in [2.75, 3.05) is 11.9 Å². The standard InChI is InChI=1S/C14H12BrN3O/c1-2-19-12-5-3-11(4-6-12)18-14-13(15)7-10(8-16)9-17-14/h3-7,9H,2H2,1H3,(H,17,18). The summed E-state index contributed by atoms with van der Waals surface area (Å²) in [4.78, 5) is 4.19. The van der Waals surface area contributed by atoms with Crippen LogP contribution in [0.25, 0.3) is 0 Å². The minimum absolute atomic E-state index is 0.518. The molecule has 1 aromatic carbocycles. The van der Waals surface area contributed by atoms with Crippen LogP contribution in [0, 0.1) is 11.3 Å². The molecule has 0 fully saturated rings. The van der Waals surface area contributed by atoms with E-state index in [1.165, 1.54) is 6.20 Å². The molecule has 0 atom stereocenters. The monoisotopic (exact) mass is 317 g/mol. The smallest absolute Gasteiger partial charge is 0.144 e. The van der Waals surface area contributed by atoms with Gasteiger partial charge >= 0.3 is 0 Å². The zero-order valence-corrected chi connectivity index (χ0v) is 11.9. The van der Waals surface area contributed by atoms with Crippen LogP contribution in [0.15, 0.2) is 41.0 Å². The van der Waals surface area contributed by atoms with Gasteiger partial charge in [-0.25, -0.2) is 4.98 Å². The van der Waals surface area contributed by atoms with Gasteiger partial charge in [0.15, 0.2) is 0 Å². The molecular weight excluding hydrogens is 306 g/mol. The molecule has 19 heavy (non-hydrogen) atoms. The number of anilines is 2. The molecule has 0 unspecified atom stereocenters. The first-order valence-electron chi connectivity index (χ1n) is 5.78. The van der Waals surface area contributed by atoms with Gasteiger partial charge in [0.05, 0.1) is 16.6 Å². The van der Waals surface area contributed by atoms with Gasteiger partial charge in [-0.3, -0.25) is 0 Å². The maximum atomic E-state index is 8.78. The number of rotatable bonds is 4. The molecule has 1 heterocycles. The second-order valence-electron chi connectivity index (χ2n) is 3.75. The van der Waals surface area contributed by atoms with E-state index in [0.29, 0.717) is 18.0 Å². The lowest BCUT2D eigenvalue weighted by Gasteiger charge is -2.08. The normalized spacial score (nSPS) is 9.74. The molecule has 1 aromatic heterocycles. The minimum Gasteiger partial charge on any atom is -0.494 e. The van der Waals surface area contributed by atoms with Crippen LogP contribution in [0.5, 0.6) is 5.75 Å². The Morgan fingerprint density at radius 3 is 2.68 bits per heavy atom. The Hall–Kier alpha value is -2.06. The summed E-state index contributed by atoms with van der Waals surface area (Å²) in [5.41, 5.74) is 1.42. The van der Waals surface area contributed by atoms with Crippen LogP contribution in [0.2, 0.25) is 0 Å². The van der Waals surface area contributed by atoms with E-state index in [-0.39, 0.29) is 0 Å². The molecule has 0 aliphatic carbocycles. The molecule has 0 saturated carbocycles. The second kappa shape index (κ2) is 6.21. The molecule has 0 aliphatic rings. The van der Waals surface area contributed by atoms with E-state index in [1.54, 1.807) is 6.07 Å². The molecule has 5 heteroatoms. The topological polar surface area (TPSA) is 57.9 Å². The predicted molar refractivity (Wildman–Crippen MR) is 77.5 cm³/mol. The average Bonchev–Trinajstić information content (AvgIpc) is 2.43. The van der Waals surface area contributed by atoms with Gasteiger partial charge < -0.3 is 10.1 Å². The molecule has 4 nitrogen and oxygen atoms in total. The van der Waals surface area contributed by atoms with Gasteiger partial charge in [-0.2, -0.15) is 5.26 Å². The third-order valence-corrected chi connectivity index (χ3v) is 3.00. The first kappa shape index (κ1) is 13.4. The fourth-order valence-corrected chi connectivity index (χ4v) is 1.98. The molecule has 0 bridgehead atoms. The van der Waals surface area contributed by atoms with Gasteiger partial charge in [0.25, 0.3) is 0 Å². The molecular formula is C14H12BrN3O. The number of aromatic nitrogens is 1. The van der Waals surface area contributed by atoms with Gasteiger partial charge in [-0.15, -0.1) is 0 Å². The van der Waals surface area contributed by atoms with Gasteiger partial charge in [0, 0.05) is 11.9 Å². The quantitative estimate of drug-likeness (QED) is 0.930. The highest BCUT2D eigenvalue weighted by Crippen LogP contribution is 2.25. The van der Waals surface area contributed by atoms with E-state index in [1.807, 2.05) is 37.3 Å². The van der Waals surface area contributed by atoms with Crippen LogP contribution in [0.1, 0.15) is 12.5 Å². The fraction of sp³-hybridized carbons (Fsp3) is 0.143. The number of nitriles is 1. The molecule has 2 rings (SSSR count). The number of pyridine rings is 1. The molecule has 2 aromatic rings. The van der Waals surface area contributed by atoms with Crippen LogP contribution < -0.4 is 10.1 Å². The van der Waals surface area contributed by atoms with E-state index in [0.717, 1.165) is 15.9 Å². The number of nitrogens with one attached hydrogen (secondary N) is 1. The molecule has 0 spiro atoms. The summed E-state index contributed by atoms with van der Waals surface area (Å²) in [5, 5.41) is 11.9. The van der Waals surface area contributed by atoms with E-state index in [2.05, 4.69) is 26.2 Å². The number of halogens is 1. The van der Waals surface area contributed by atoms with Crippen LogP contribution in [-0.2, 0) is 0 Å². The minimum atomic E-state index is 0.518. The lowest BCUT2D eigenvalue weighted by molar-refractivity contribution is 0.340. The van der Waals surface area contributed by atoms with Crippen LogP contribution in [0.4, 0.5) is 11.5 Å². The number of hydrogen-bond acceptors (Lipinski definition) is 4. The second-order valence-corrected chi connectivity index (χ2v) is 4.60. The summed E-state index contributed by atoms with van der Waals surface area (Å²) in [6.45, 7) is 2.60. The summed E-state index contributed by atoms with van der Waals surface area (Å²) < 4.78 is 6.13. The van der Waals surface area contributed by atoms with E-state index < -0.39 is 0 Å². The van der Waals surface area contributed by atoms with Crippen molar-refractivity contribution in [1.29, 1.82) is 5.26 Å². The maximum Gasteiger partial charge on any atom is 0.144 e. The van der Waals surface area contributed by atoms with Crippen molar-refractivity contribution >= 4 is 27.4 Å². The number of ether oxygens (including phenoxy) is 1. The fourth-order valence-electron chi connectivity index (χ4n) is 1.53. The molecule has 0 radical (unpaired) electrons. The Bertz CT molecular complexity index is 605. The van der Waals surface area contributed by atoms with Crippen molar-refractivity contribution < 1.29 is 4.74 Å². The van der Waals surface area contributed by atoms with Crippen LogP contribution in [0.3, 0.4) is 0 Å². The summed E-state index contributed by atoms with van der Waals surface area (Å²) in [5.74, 6) is 1.50. The highest BCUT2D eigenvalue weighted by molar-refractivity contribution is 9.10. The lowest BCUT2D eigenvalue weighted by atomic mass is 10.3. The number of benzene rings is 1. The van der Waals surface area contributed by atoms with Crippen molar-refractivity contribution in [3.63, 3.8) is 0 Å². The largest absolute Gasteiger partial charge is 0.494 e. The van der Waals surface area contributed by atoms with Gasteiger partial charge in [-0.1, -0.05) is 0 Å². The SMILES string of the molecule is CCOc1ccc(Nc2ncc(C#N)cc2Br)cc1. The summed E-state index contributed by atoms with van der Waals surface area (Å²) in [6, 6.07) is 11.4. The third-order valence-electron chi connectivity index (χ3n) is 2.40. The maximum absolute atomic E-state index is 8.78. The van der Waals surface area contributed by atoms with Gasteiger partial charge in [0.2, 0.25) is 0 Å². The lowest BCUT2D eigenvalue weighted by Crippen LogP contribution is -1.96. The highest BCUT2D eigenvalue weighted by Gasteiger charge is 2.03. The van der Waals surface area contributed by atoms with Crippen LogP contribution >= 0.6 is 15.9 Å². The van der Waals surface area contributed by atoms with Crippen molar-refractivity contribution in [3.8, 4) is 11.8 Å². The number of nitrogens with zero attached hydrogens (tertiary/aromatic N) is 2. The predicted octanol–water partition coefficient (Wildman–Crippen LogP) is 3.86. The van der Waals surface area contributed by atoms with Crippen molar-refractivity contribution in [2.24, 2.45) is 0 Å². The van der Waals surface area contributed by atoms with Crippen molar-refractivity contribution in [2.45, 2.75) is 6.92 Å². The average molecular weight is 318 g/mol. The Kier molecular flexibility index (Phi) is 4.37. The zero-order chi connectivity index (χ0) is 13.7. The molecule has 0 saturated heterocycles. The zero-order valence-electron chi connectivity index (χ0n) is 10.4. The Morgan fingerprint density at radius 1 is 1.37 bits per heavy atom. The van der Waals surface area contributed by atoms with E-state index in [4.69, 9.17) is 10.00 Å². The summed E-state index contributed by atoms with van der Waals surface area (Å²) in [6.07, 6.45) is 1.53. The Balaban J connectivity index is 2.15. The summed E-state index contributed by atoms with van der Waals surface area (Å²) in [7, 11) is 0. The molecule has 0 amide bonds. The highest BCUT2D eigenvalue weighted by atomic mass is 79.9. The summed E-state index contributed by atoms with van der Waals surface area (Å²) >= 11 is 3.38. The molecule has 1 N–H and O–H groups in total. The third kappa shape index (κ3) is 3.46. The van der Waals surface area contributed by atoms with Gasteiger partial charge in [-0.05, 0) is 53.2 Å².